The molecule has 0 radical (unpaired) electrons. The number of hydrogen-bond donors (Lipinski definition) is 2. The van der Waals surface area contributed by atoms with Crippen molar-refractivity contribution in [1.82, 2.24) is 5.32 Å². The van der Waals surface area contributed by atoms with Crippen LogP contribution in [0, 0.1) is 0 Å². The van der Waals surface area contributed by atoms with Gasteiger partial charge in [0.15, 0.2) is 0 Å². The van der Waals surface area contributed by atoms with Crippen LogP contribution in [0.5, 0.6) is 0 Å². The van der Waals surface area contributed by atoms with Crippen LogP contribution in [0.2, 0.25) is 0 Å². The fraction of sp³-hybridized carbons (Fsp3) is 0.900. The Morgan fingerprint density at radius 2 is 1.11 bits per heavy atom. The number of carboxylic acid groups (broad SMARTS) is 1. The molecule has 1 atom stereocenters. The Bertz CT molecular complexity index is 558. The largest absolute Gasteiger partial charge is 1.00 e. The van der Waals surface area contributed by atoms with Gasteiger partial charge < -0.3 is 20.5 Å². The van der Waals surface area contributed by atoms with E-state index in [4.69, 9.17) is 0 Å². The molecular weight excluding hydrogens is 459 g/mol. The van der Waals surface area contributed by atoms with Crippen LogP contribution in [0.25, 0.3) is 0 Å². The number of aliphatic carboxylic acids is 1. The minimum absolute atomic E-state index is 0. The first-order chi connectivity index (χ1) is 17.5. The molecule has 0 saturated heterocycles. The Balaban J connectivity index is 0. The van der Waals surface area contributed by atoms with Crippen molar-refractivity contribution in [3.8, 4) is 0 Å². The standard InChI is InChI=1S/C30H58N2O4.Li/c1-3-5-7-9-11-13-15-17-19-24-28(33)31-26-22-21-23-27(30(35)36)32-29(34)25-20-18-16-14-12-10-8-6-4-2;/h27H,3-26H2,1-2H3,(H,31,33)(H,32,34)(H,35,36);/q;+1/p-1/t27-;/m0./s1. The SMILES string of the molecule is CCCCCCCCCCCC(=O)N[C@@H](CCCCN=C([O-])CCCCCCCCCCC)C(=O)O.[Li+]. The zero-order valence-electron chi connectivity index (χ0n) is 24.7. The van der Waals surface area contributed by atoms with Crippen LogP contribution in [0.15, 0.2) is 4.99 Å². The van der Waals surface area contributed by atoms with Crippen LogP contribution in [-0.4, -0.2) is 35.5 Å². The average Bonchev–Trinajstić information content (AvgIpc) is 2.85. The van der Waals surface area contributed by atoms with Crippen LogP contribution in [0.1, 0.15) is 162 Å². The first kappa shape index (κ1) is 38.2. The third-order valence-electron chi connectivity index (χ3n) is 6.82. The summed E-state index contributed by atoms with van der Waals surface area (Å²) in [4.78, 5) is 27.7. The maximum absolute atomic E-state index is 12.1. The summed E-state index contributed by atoms with van der Waals surface area (Å²) in [6.07, 6.45) is 24.3. The molecule has 0 fully saturated rings. The number of carboxylic acids is 1. The molecule has 2 N–H and O–H groups in total. The van der Waals surface area contributed by atoms with E-state index in [1.807, 2.05) is 0 Å². The van der Waals surface area contributed by atoms with Crippen molar-refractivity contribution < 1.29 is 38.7 Å². The molecule has 0 aromatic heterocycles. The molecule has 0 spiro atoms. The van der Waals surface area contributed by atoms with Crippen LogP contribution in [0.4, 0.5) is 0 Å². The van der Waals surface area contributed by atoms with E-state index in [1.54, 1.807) is 0 Å². The Hall–Kier alpha value is -0.993. The molecular formula is C30H57LiN2O4. The molecule has 0 unspecified atom stereocenters. The Morgan fingerprint density at radius 1 is 0.676 bits per heavy atom. The quantitative estimate of drug-likeness (QED) is 0.0734. The van der Waals surface area contributed by atoms with Crippen molar-refractivity contribution >= 4 is 17.8 Å². The number of nitrogens with one attached hydrogen (secondary N) is 1. The number of aliphatic imine (C=N–C) groups is 1. The second-order valence-electron chi connectivity index (χ2n) is 10.4. The molecule has 212 valence electrons. The third-order valence-corrected chi connectivity index (χ3v) is 6.82. The van der Waals surface area contributed by atoms with Gasteiger partial charge in [-0.2, -0.15) is 0 Å². The van der Waals surface area contributed by atoms with Gasteiger partial charge in [0, 0.05) is 13.0 Å². The first-order valence-electron chi connectivity index (χ1n) is 15.2. The zero-order valence-corrected chi connectivity index (χ0v) is 24.7. The topological polar surface area (TPSA) is 102 Å². The van der Waals surface area contributed by atoms with Crippen molar-refractivity contribution in [1.29, 1.82) is 0 Å². The van der Waals surface area contributed by atoms with E-state index < -0.39 is 12.0 Å². The molecule has 0 rings (SSSR count). The van der Waals surface area contributed by atoms with Gasteiger partial charge in [-0.05, 0) is 44.4 Å². The van der Waals surface area contributed by atoms with Crippen LogP contribution >= 0.6 is 0 Å². The van der Waals surface area contributed by atoms with Crippen molar-refractivity contribution in [3.63, 3.8) is 0 Å². The molecule has 0 bridgehead atoms. The van der Waals surface area contributed by atoms with Crippen LogP contribution in [-0.2, 0) is 9.59 Å². The normalized spacial score (nSPS) is 12.2. The van der Waals surface area contributed by atoms with Crippen LogP contribution in [0.3, 0.4) is 0 Å². The van der Waals surface area contributed by atoms with Gasteiger partial charge in [-0.1, -0.05) is 117 Å². The summed E-state index contributed by atoms with van der Waals surface area (Å²) in [5.74, 6) is -1.21. The average molecular weight is 517 g/mol. The molecule has 1 amide bonds. The Kier molecular flexibility index (Phi) is 30.5. The van der Waals surface area contributed by atoms with Gasteiger partial charge in [0.1, 0.15) is 6.04 Å². The fourth-order valence-corrected chi connectivity index (χ4v) is 4.45. The zero-order chi connectivity index (χ0) is 26.7. The summed E-state index contributed by atoms with van der Waals surface area (Å²) >= 11 is 0. The van der Waals surface area contributed by atoms with E-state index in [0.29, 0.717) is 38.6 Å². The van der Waals surface area contributed by atoms with Crippen molar-refractivity contribution in [2.24, 2.45) is 4.99 Å². The van der Waals surface area contributed by atoms with Gasteiger partial charge in [0.2, 0.25) is 5.91 Å². The number of nitrogens with zero attached hydrogens (tertiary/aromatic N) is 1. The first-order valence-corrected chi connectivity index (χ1v) is 15.2. The number of amides is 1. The van der Waals surface area contributed by atoms with Crippen LogP contribution < -0.4 is 29.3 Å². The van der Waals surface area contributed by atoms with Crippen molar-refractivity contribution in [2.45, 2.75) is 168 Å². The van der Waals surface area contributed by atoms with Crippen molar-refractivity contribution in [2.75, 3.05) is 6.54 Å². The van der Waals surface area contributed by atoms with Gasteiger partial charge in [0.25, 0.3) is 0 Å². The summed E-state index contributed by atoms with van der Waals surface area (Å²) in [6.45, 7) is 4.89. The molecule has 0 heterocycles. The van der Waals surface area contributed by atoms with E-state index in [0.717, 1.165) is 32.1 Å². The van der Waals surface area contributed by atoms with Gasteiger partial charge in [-0.15, -0.1) is 0 Å². The number of rotatable bonds is 27. The Morgan fingerprint density at radius 3 is 1.57 bits per heavy atom. The minimum Gasteiger partial charge on any atom is -0.862 e. The summed E-state index contributed by atoms with van der Waals surface area (Å²) in [5, 5.41) is 24.0. The van der Waals surface area contributed by atoms with Crippen molar-refractivity contribution in [3.05, 3.63) is 0 Å². The molecule has 0 aliphatic rings. The fourth-order valence-electron chi connectivity index (χ4n) is 4.45. The molecule has 0 aliphatic heterocycles. The predicted molar refractivity (Wildman–Crippen MR) is 149 cm³/mol. The summed E-state index contributed by atoms with van der Waals surface area (Å²) in [7, 11) is 0. The maximum atomic E-state index is 12.1. The Labute approximate surface area is 240 Å². The van der Waals surface area contributed by atoms with Gasteiger partial charge in [-0.25, -0.2) is 4.79 Å². The molecule has 0 aromatic carbocycles. The van der Waals surface area contributed by atoms with E-state index in [1.165, 1.54) is 83.5 Å². The summed E-state index contributed by atoms with van der Waals surface area (Å²) < 4.78 is 0. The molecule has 7 heteroatoms. The minimum atomic E-state index is -0.992. The van der Waals surface area contributed by atoms with E-state index in [2.05, 4.69) is 24.2 Å². The van der Waals surface area contributed by atoms with E-state index in [-0.39, 0.29) is 30.7 Å². The molecule has 37 heavy (non-hydrogen) atoms. The summed E-state index contributed by atoms with van der Waals surface area (Å²) in [6, 6.07) is -0.853. The summed E-state index contributed by atoms with van der Waals surface area (Å²) in [5.41, 5.74) is 0. The van der Waals surface area contributed by atoms with Gasteiger partial charge in [-0.3, -0.25) is 4.79 Å². The second kappa shape index (κ2) is 29.6. The van der Waals surface area contributed by atoms with E-state index in [9.17, 15) is 19.8 Å². The maximum Gasteiger partial charge on any atom is 1.00 e. The number of carbonyl (C=O) groups is 2. The van der Waals surface area contributed by atoms with Gasteiger partial charge in [0.05, 0.1) is 0 Å². The van der Waals surface area contributed by atoms with Gasteiger partial charge >= 0.3 is 24.8 Å². The predicted octanol–water partition coefficient (Wildman–Crippen LogP) is 4.33. The smallest absolute Gasteiger partial charge is 0.862 e. The third kappa shape index (κ3) is 27.8. The number of unbranched alkanes of at least 4 members (excludes halogenated alkanes) is 17. The monoisotopic (exact) mass is 516 g/mol. The molecule has 0 aromatic rings. The second-order valence-corrected chi connectivity index (χ2v) is 10.4. The van der Waals surface area contributed by atoms with E-state index >= 15 is 0 Å². The molecule has 0 saturated carbocycles. The molecule has 6 nitrogen and oxygen atoms in total. The number of hydrogen-bond acceptors (Lipinski definition) is 4. The molecule has 0 aliphatic carbocycles. The number of carbonyl (C=O) groups excluding carboxylic acids is 1.